The highest BCUT2D eigenvalue weighted by Gasteiger charge is 2.12. The molecule has 0 saturated carbocycles. The second kappa shape index (κ2) is 7.52. The van der Waals surface area contributed by atoms with Crippen LogP contribution >= 0.6 is 39.1 Å². The van der Waals surface area contributed by atoms with E-state index in [1.165, 1.54) is 0 Å². The quantitative estimate of drug-likeness (QED) is 0.629. The molecule has 3 nitrogen and oxygen atoms in total. The first kappa shape index (κ1) is 16.7. The number of halogens is 3. The molecule has 2 rings (SSSR count). The normalized spacial score (nSPS) is 10.9. The summed E-state index contributed by atoms with van der Waals surface area (Å²) in [5.74, 6) is 0.667. The van der Waals surface area contributed by atoms with Crippen LogP contribution in [0.2, 0.25) is 10.0 Å². The van der Waals surface area contributed by atoms with E-state index in [0.29, 0.717) is 27.7 Å². The van der Waals surface area contributed by atoms with E-state index in [-0.39, 0.29) is 0 Å². The largest absolute Gasteiger partial charge is 0.485 e. The summed E-state index contributed by atoms with van der Waals surface area (Å²) in [6.07, 6.45) is 0.911. The number of aromatic nitrogens is 2. The average Bonchev–Trinajstić information content (AvgIpc) is 2.88. The van der Waals surface area contributed by atoms with Crippen molar-refractivity contribution in [1.82, 2.24) is 9.78 Å². The summed E-state index contributed by atoms with van der Waals surface area (Å²) in [7, 11) is 0. The second-order valence-corrected chi connectivity index (χ2v) is 6.00. The molecule has 1 heterocycles. The van der Waals surface area contributed by atoms with Gasteiger partial charge in [0.05, 0.1) is 16.4 Å². The molecule has 0 fully saturated rings. The van der Waals surface area contributed by atoms with Crippen LogP contribution in [0.15, 0.2) is 18.2 Å². The van der Waals surface area contributed by atoms with E-state index in [1.54, 1.807) is 6.07 Å². The van der Waals surface area contributed by atoms with Crippen molar-refractivity contribution in [2.45, 2.75) is 38.8 Å². The monoisotopic (exact) mass is 390 g/mol. The van der Waals surface area contributed by atoms with Crippen molar-refractivity contribution in [2.24, 2.45) is 0 Å². The molecule has 0 amide bonds. The van der Waals surface area contributed by atoms with Crippen molar-refractivity contribution in [3.8, 4) is 5.75 Å². The molecule has 0 unspecified atom stereocenters. The lowest BCUT2D eigenvalue weighted by Gasteiger charge is -2.13. The van der Waals surface area contributed by atoms with Gasteiger partial charge in [-0.2, -0.15) is 5.10 Å². The zero-order chi connectivity index (χ0) is 15.4. The zero-order valence-corrected chi connectivity index (χ0v) is 15.1. The zero-order valence-electron chi connectivity index (χ0n) is 12.0. The molecule has 0 bridgehead atoms. The Morgan fingerprint density at radius 3 is 2.62 bits per heavy atom. The van der Waals surface area contributed by atoms with Gasteiger partial charge >= 0.3 is 0 Å². The third-order valence-electron chi connectivity index (χ3n) is 3.17. The summed E-state index contributed by atoms with van der Waals surface area (Å²) in [4.78, 5) is 0. The number of rotatable bonds is 6. The highest BCUT2D eigenvalue weighted by atomic mass is 79.9. The number of hydrogen-bond acceptors (Lipinski definition) is 2. The van der Waals surface area contributed by atoms with Crippen LogP contribution in [0.3, 0.4) is 0 Å². The predicted molar refractivity (Wildman–Crippen MR) is 90.7 cm³/mol. The standard InChI is InChI=1S/C15H17BrCl2N2O/c1-3-12-7-13(20(4-2)19-12)9-21-15-10(8-16)5-11(17)6-14(15)18/h5-7H,3-4,8-9H2,1-2H3. The highest BCUT2D eigenvalue weighted by molar-refractivity contribution is 9.08. The number of aryl methyl sites for hydroxylation is 2. The molecule has 0 saturated heterocycles. The Morgan fingerprint density at radius 2 is 2.00 bits per heavy atom. The number of benzene rings is 1. The van der Waals surface area contributed by atoms with Crippen molar-refractivity contribution in [3.05, 3.63) is 45.2 Å². The van der Waals surface area contributed by atoms with Gasteiger partial charge in [0.25, 0.3) is 0 Å². The Kier molecular flexibility index (Phi) is 5.97. The number of hydrogen-bond donors (Lipinski definition) is 0. The van der Waals surface area contributed by atoms with Gasteiger partial charge in [-0.1, -0.05) is 46.1 Å². The molecule has 1 aromatic heterocycles. The topological polar surface area (TPSA) is 27.1 Å². The number of alkyl halides is 1. The molecule has 2 aromatic rings. The first-order chi connectivity index (χ1) is 10.1. The summed E-state index contributed by atoms with van der Waals surface area (Å²) in [5.41, 5.74) is 3.05. The van der Waals surface area contributed by atoms with Gasteiger partial charge in [-0.25, -0.2) is 0 Å². The molecular formula is C15H17BrCl2N2O. The Balaban J connectivity index is 2.22. The molecule has 0 N–H and O–H groups in total. The number of nitrogens with zero attached hydrogens (tertiary/aromatic N) is 2. The third-order valence-corrected chi connectivity index (χ3v) is 4.27. The second-order valence-electron chi connectivity index (χ2n) is 4.59. The maximum atomic E-state index is 6.23. The van der Waals surface area contributed by atoms with Gasteiger partial charge in [0.1, 0.15) is 12.4 Å². The van der Waals surface area contributed by atoms with E-state index in [1.807, 2.05) is 10.7 Å². The molecule has 0 atom stereocenters. The average molecular weight is 392 g/mol. The fraction of sp³-hybridized carbons (Fsp3) is 0.400. The van der Waals surface area contributed by atoms with Crippen LogP contribution in [0.5, 0.6) is 5.75 Å². The van der Waals surface area contributed by atoms with Gasteiger partial charge in [-0.15, -0.1) is 0 Å². The summed E-state index contributed by atoms with van der Waals surface area (Å²) >= 11 is 15.7. The SMILES string of the molecule is CCc1cc(COc2c(Cl)cc(Cl)cc2CBr)n(CC)n1. The van der Waals surface area contributed by atoms with Crippen LogP contribution in [0.1, 0.15) is 30.8 Å². The van der Waals surface area contributed by atoms with Gasteiger partial charge in [-0.3, -0.25) is 4.68 Å². The fourth-order valence-electron chi connectivity index (χ4n) is 2.10. The van der Waals surface area contributed by atoms with Crippen molar-refractivity contribution in [3.63, 3.8) is 0 Å². The van der Waals surface area contributed by atoms with E-state index in [9.17, 15) is 0 Å². The van der Waals surface area contributed by atoms with E-state index in [0.717, 1.165) is 29.9 Å². The molecule has 0 aliphatic carbocycles. The molecule has 0 radical (unpaired) electrons. The predicted octanol–water partition coefficient (Wildman–Crippen LogP) is 5.25. The van der Waals surface area contributed by atoms with Crippen molar-refractivity contribution in [2.75, 3.05) is 0 Å². The summed E-state index contributed by atoms with van der Waals surface area (Å²) < 4.78 is 7.87. The van der Waals surface area contributed by atoms with E-state index >= 15 is 0 Å². The molecule has 21 heavy (non-hydrogen) atoms. The number of ether oxygens (including phenoxy) is 1. The molecule has 0 aliphatic rings. The molecule has 1 aromatic carbocycles. The van der Waals surface area contributed by atoms with Crippen molar-refractivity contribution < 1.29 is 4.74 Å². The van der Waals surface area contributed by atoms with E-state index in [4.69, 9.17) is 27.9 Å². The minimum atomic E-state index is 0.433. The Morgan fingerprint density at radius 1 is 1.24 bits per heavy atom. The van der Waals surface area contributed by atoms with Crippen LogP contribution < -0.4 is 4.74 Å². The maximum absolute atomic E-state index is 6.23. The Bertz CT molecular complexity index is 628. The van der Waals surface area contributed by atoms with E-state index < -0.39 is 0 Å². The van der Waals surface area contributed by atoms with Crippen LogP contribution in [0, 0.1) is 0 Å². The minimum Gasteiger partial charge on any atom is -0.485 e. The lowest BCUT2D eigenvalue weighted by Crippen LogP contribution is -2.07. The lowest BCUT2D eigenvalue weighted by atomic mass is 10.2. The Hall–Kier alpha value is -0.710. The first-order valence-corrected chi connectivity index (χ1v) is 8.69. The molecule has 114 valence electrons. The Labute approximate surface area is 143 Å². The highest BCUT2D eigenvalue weighted by Crippen LogP contribution is 2.34. The minimum absolute atomic E-state index is 0.433. The summed E-state index contributed by atoms with van der Waals surface area (Å²) in [6, 6.07) is 5.62. The maximum Gasteiger partial charge on any atom is 0.142 e. The van der Waals surface area contributed by atoms with Crippen molar-refractivity contribution >= 4 is 39.1 Å². The van der Waals surface area contributed by atoms with Gasteiger partial charge < -0.3 is 4.74 Å². The molecule has 6 heteroatoms. The van der Waals surface area contributed by atoms with Crippen LogP contribution in [0.4, 0.5) is 0 Å². The molecular weight excluding hydrogens is 375 g/mol. The van der Waals surface area contributed by atoms with Crippen LogP contribution in [-0.2, 0) is 24.9 Å². The van der Waals surface area contributed by atoms with Gasteiger partial charge in [0.15, 0.2) is 0 Å². The van der Waals surface area contributed by atoms with Gasteiger partial charge in [-0.05, 0) is 31.5 Å². The summed E-state index contributed by atoms with van der Waals surface area (Å²) in [6.45, 7) is 5.40. The van der Waals surface area contributed by atoms with Crippen LogP contribution in [-0.4, -0.2) is 9.78 Å². The van der Waals surface area contributed by atoms with Gasteiger partial charge in [0, 0.05) is 22.5 Å². The van der Waals surface area contributed by atoms with Crippen molar-refractivity contribution in [1.29, 1.82) is 0 Å². The fourth-order valence-corrected chi connectivity index (χ4v) is 3.11. The first-order valence-electron chi connectivity index (χ1n) is 6.81. The van der Waals surface area contributed by atoms with Gasteiger partial charge in [0.2, 0.25) is 0 Å². The molecule has 0 aliphatic heterocycles. The van der Waals surface area contributed by atoms with Crippen LogP contribution in [0.25, 0.3) is 0 Å². The summed E-state index contributed by atoms with van der Waals surface area (Å²) in [5, 5.41) is 6.28. The lowest BCUT2D eigenvalue weighted by molar-refractivity contribution is 0.290. The van der Waals surface area contributed by atoms with E-state index in [2.05, 4.69) is 40.9 Å². The smallest absolute Gasteiger partial charge is 0.142 e. The third kappa shape index (κ3) is 3.93. The molecule has 0 spiro atoms.